The summed E-state index contributed by atoms with van der Waals surface area (Å²) < 4.78 is 23.5. The molecule has 0 unspecified atom stereocenters. The zero-order valence-electron chi connectivity index (χ0n) is 7.53. The van der Waals surface area contributed by atoms with Crippen molar-refractivity contribution in [1.82, 2.24) is 4.31 Å². The maximum absolute atomic E-state index is 11.1. The number of rotatable bonds is 4. The van der Waals surface area contributed by atoms with Crippen LogP contribution in [0.15, 0.2) is 0 Å². The van der Waals surface area contributed by atoms with Crippen LogP contribution in [-0.2, 0) is 10.2 Å². The molecule has 0 amide bonds. The Bertz CT molecular complexity index is 244. The summed E-state index contributed by atoms with van der Waals surface area (Å²) >= 11 is 0. The molecule has 1 aliphatic carbocycles. The first-order valence-electron chi connectivity index (χ1n) is 4.21. The molecule has 1 aliphatic rings. The molecular weight excluding hydrogens is 176 g/mol. The van der Waals surface area contributed by atoms with Gasteiger partial charge in [0.05, 0.1) is 0 Å². The minimum Gasteiger partial charge on any atom is -0.216 e. The van der Waals surface area contributed by atoms with Crippen molar-refractivity contribution in [3.63, 3.8) is 0 Å². The van der Waals surface area contributed by atoms with E-state index in [1.165, 1.54) is 4.31 Å². The molecule has 0 radical (unpaired) electrons. The lowest BCUT2D eigenvalue weighted by Gasteiger charge is -2.20. The van der Waals surface area contributed by atoms with Crippen molar-refractivity contribution in [3.8, 4) is 0 Å². The average molecular weight is 192 g/mol. The lowest BCUT2D eigenvalue weighted by Crippen LogP contribution is -2.40. The molecule has 4 nitrogen and oxygen atoms in total. The smallest absolute Gasteiger partial charge is 0.216 e. The zero-order chi connectivity index (χ0) is 9.35. The van der Waals surface area contributed by atoms with E-state index in [2.05, 4.69) is 0 Å². The van der Waals surface area contributed by atoms with Crippen LogP contribution in [0.3, 0.4) is 0 Å². The van der Waals surface area contributed by atoms with Crippen LogP contribution in [0.2, 0.25) is 0 Å². The van der Waals surface area contributed by atoms with E-state index in [9.17, 15) is 8.42 Å². The van der Waals surface area contributed by atoms with Crippen molar-refractivity contribution in [2.45, 2.75) is 32.7 Å². The van der Waals surface area contributed by atoms with Gasteiger partial charge >= 0.3 is 0 Å². The molecule has 0 spiro atoms. The predicted molar refractivity (Wildman–Crippen MR) is 47.7 cm³/mol. The van der Waals surface area contributed by atoms with Gasteiger partial charge in [0.2, 0.25) is 0 Å². The maximum Gasteiger partial charge on any atom is 0.277 e. The molecule has 0 bridgehead atoms. The largest absolute Gasteiger partial charge is 0.277 e. The van der Waals surface area contributed by atoms with Gasteiger partial charge in [-0.15, -0.1) is 0 Å². The van der Waals surface area contributed by atoms with Crippen LogP contribution in [0.1, 0.15) is 26.7 Å². The van der Waals surface area contributed by atoms with Crippen LogP contribution in [-0.4, -0.2) is 25.3 Å². The van der Waals surface area contributed by atoms with E-state index in [1.807, 2.05) is 13.8 Å². The Kier molecular flexibility index (Phi) is 2.75. The molecule has 0 aromatic rings. The Morgan fingerprint density at radius 1 is 1.50 bits per heavy atom. The molecule has 0 aliphatic heterocycles. The predicted octanol–water partition coefficient (Wildman–Crippen LogP) is 0.310. The Morgan fingerprint density at radius 2 is 2.00 bits per heavy atom. The van der Waals surface area contributed by atoms with Crippen LogP contribution in [0.25, 0.3) is 0 Å². The topological polar surface area (TPSA) is 63.4 Å². The van der Waals surface area contributed by atoms with Crippen molar-refractivity contribution in [3.05, 3.63) is 0 Å². The quantitative estimate of drug-likeness (QED) is 0.696. The van der Waals surface area contributed by atoms with Crippen LogP contribution in [0, 0.1) is 5.92 Å². The fourth-order valence-electron chi connectivity index (χ4n) is 1.18. The van der Waals surface area contributed by atoms with E-state index in [4.69, 9.17) is 5.14 Å². The molecule has 0 atom stereocenters. The van der Waals surface area contributed by atoms with Gasteiger partial charge in [-0.25, -0.2) is 5.14 Å². The highest BCUT2D eigenvalue weighted by molar-refractivity contribution is 7.86. The van der Waals surface area contributed by atoms with Gasteiger partial charge in [-0.3, -0.25) is 0 Å². The summed E-state index contributed by atoms with van der Waals surface area (Å²) in [5.41, 5.74) is 0. The highest BCUT2D eigenvalue weighted by Crippen LogP contribution is 2.28. The molecule has 72 valence electrons. The Morgan fingerprint density at radius 3 is 2.25 bits per heavy atom. The Hall–Kier alpha value is -0.130. The van der Waals surface area contributed by atoms with Crippen molar-refractivity contribution in [2.24, 2.45) is 11.1 Å². The van der Waals surface area contributed by atoms with Gasteiger partial charge < -0.3 is 0 Å². The van der Waals surface area contributed by atoms with Gasteiger partial charge in [-0.1, -0.05) is 13.8 Å². The van der Waals surface area contributed by atoms with Crippen LogP contribution in [0.5, 0.6) is 0 Å². The van der Waals surface area contributed by atoms with Gasteiger partial charge in [0.15, 0.2) is 0 Å². The van der Waals surface area contributed by atoms with Gasteiger partial charge in [-0.2, -0.15) is 12.7 Å². The van der Waals surface area contributed by atoms with E-state index in [1.54, 1.807) is 0 Å². The van der Waals surface area contributed by atoms with Crippen molar-refractivity contribution in [2.75, 3.05) is 6.54 Å². The molecule has 0 aromatic carbocycles. The van der Waals surface area contributed by atoms with Crippen molar-refractivity contribution < 1.29 is 8.42 Å². The molecule has 2 N–H and O–H groups in total. The summed E-state index contributed by atoms with van der Waals surface area (Å²) in [6.45, 7) is 4.52. The lowest BCUT2D eigenvalue weighted by molar-refractivity contribution is 0.360. The SMILES string of the molecule is CC(C)CN(C1CC1)S(N)(=O)=O. The third kappa shape index (κ3) is 2.73. The van der Waals surface area contributed by atoms with Gasteiger partial charge in [-0.05, 0) is 18.8 Å². The number of hydrogen-bond donors (Lipinski definition) is 1. The fourth-order valence-corrected chi connectivity index (χ4v) is 2.32. The van der Waals surface area contributed by atoms with E-state index >= 15 is 0 Å². The van der Waals surface area contributed by atoms with Crippen molar-refractivity contribution in [1.29, 1.82) is 0 Å². The van der Waals surface area contributed by atoms with Crippen molar-refractivity contribution >= 4 is 10.2 Å². The maximum atomic E-state index is 11.1. The summed E-state index contributed by atoms with van der Waals surface area (Å²) in [6, 6.07) is 0.183. The third-order valence-electron chi connectivity index (χ3n) is 1.83. The van der Waals surface area contributed by atoms with E-state index in [0.717, 1.165) is 12.8 Å². The second-order valence-electron chi connectivity index (χ2n) is 3.74. The van der Waals surface area contributed by atoms with Gasteiger partial charge in [0, 0.05) is 12.6 Å². The molecule has 0 aromatic heterocycles. The zero-order valence-corrected chi connectivity index (χ0v) is 8.34. The Balaban J connectivity index is 2.61. The molecule has 1 fully saturated rings. The molecule has 12 heavy (non-hydrogen) atoms. The average Bonchev–Trinajstić information content (AvgIpc) is 2.60. The van der Waals surface area contributed by atoms with Crippen LogP contribution < -0.4 is 5.14 Å². The normalized spacial score (nSPS) is 19.1. The lowest BCUT2D eigenvalue weighted by atomic mass is 10.2. The van der Waals surface area contributed by atoms with E-state index in [0.29, 0.717) is 12.5 Å². The molecule has 1 saturated carbocycles. The Labute approximate surface area is 73.9 Å². The summed E-state index contributed by atoms with van der Waals surface area (Å²) in [7, 11) is -3.46. The molecule has 0 saturated heterocycles. The van der Waals surface area contributed by atoms with Crippen LogP contribution >= 0.6 is 0 Å². The molecule has 0 heterocycles. The van der Waals surface area contributed by atoms with Crippen LogP contribution in [0.4, 0.5) is 0 Å². The first-order chi connectivity index (χ1) is 5.41. The summed E-state index contributed by atoms with van der Waals surface area (Å²) in [5, 5.41) is 5.07. The monoisotopic (exact) mass is 192 g/mol. The minimum atomic E-state index is -3.46. The fraction of sp³-hybridized carbons (Fsp3) is 1.00. The second-order valence-corrected chi connectivity index (χ2v) is 5.24. The minimum absolute atomic E-state index is 0.183. The van der Waals surface area contributed by atoms with Gasteiger partial charge in [0.1, 0.15) is 0 Å². The molecule has 5 heteroatoms. The molecule has 1 rings (SSSR count). The van der Waals surface area contributed by atoms with Gasteiger partial charge in [0.25, 0.3) is 10.2 Å². The standard InChI is InChI=1S/C7H16N2O2S/c1-6(2)5-9(7-3-4-7)12(8,10)11/h6-7H,3-5H2,1-2H3,(H2,8,10,11). The molecular formula is C7H16N2O2S. The van der Waals surface area contributed by atoms with E-state index in [-0.39, 0.29) is 6.04 Å². The second kappa shape index (κ2) is 3.32. The summed E-state index contributed by atoms with van der Waals surface area (Å²) in [4.78, 5) is 0. The number of nitrogens with zero attached hydrogens (tertiary/aromatic N) is 1. The number of hydrogen-bond acceptors (Lipinski definition) is 2. The summed E-state index contributed by atoms with van der Waals surface area (Å²) in [5.74, 6) is 0.337. The first-order valence-corrected chi connectivity index (χ1v) is 5.71. The summed E-state index contributed by atoms with van der Waals surface area (Å²) in [6.07, 6.45) is 1.92. The highest BCUT2D eigenvalue weighted by Gasteiger charge is 2.35. The van der Waals surface area contributed by atoms with E-state index < -0.39 is 10.2 Å². The number of nitrogens with two attached hydrogens (primary N) is 1. The highest BCUT2D eigenvalue weighted by atomic mass is 32.2. The third-order valence-corrected chi connectivity index (χ3v) is 2.93. The first kappa shape index (κ1) is 9.95.